The summed E-state index contributed by atoms with van der Waals surface area (Å²) >= 11 is 0. The van der Waals surface area contributed by atoms with Gasteiger partial charge in [-0.3, -0.25) is 14.5 Å². The quantitative estimate of drug-likeness (QED) is 0.562. The van der Waals surface area contributed by atoms with Crippen LogP contribution in [0.5, 0.6) is 0 Å². The second-order valence-electron chi connectivity index (χ2n) is 7.22. The Kier molecular flexibility index (Phi) is 9.43. The number of piperidine rings is 1. The smallest absolute Gasteiger partial charge is 0.240 e. The van der Waals surface area contributed by atoms with Gasteiger partial charge in [0.25, 0.3) is 0 Å². The number of likely N-dealkylation sites (tertiary alicyclic amines) is 1. The Bertz CT molecular complexity index is 806. The number of nitrogens with one attached hydrogen (secondary N) is 2. The maximum absolute atomic E-state index is 14.1. The fourth-order valence-corrected chi connectivity index (χ4v) is 4.52. The molecule has 1 aromatic carbocycles. The van der Waals surface area contributed by atoms with E-state index in [0.29, 0.717) is 31.5 Å². The van der Waals surface area contributed by atoms with Crippen LogP contribution < -0.4 is 10.6 Å². The molecule has 2 N–H and O–H groups in total. The monoisotopic (exact) mass is 436 g/mol. The Morgan fingerprint density at radius 3 is 2.57 bits per heavy atom. The highest BCUT2D eigenvalue weighted by molar-refractivity contribution is 7.81. The van der Waals surface area contributed by atoms with Gasteiger partial charge in [0.1, 0.15) is 5.82 Å². The SMILES string of the molecule is C#CCNC(=O)CNC(=O)CN(C1CCN(C(C)c2ccccc2F)CC1)S(C)=O. The molecule has 7 nitrogen and oxygen atoms in total. The molecule has 2 amide bonds. The molecule has 2 rings (SSSR count). The molecule has 2 unspecified atom stereocenters. The summed E-state index contributed by atoms with van der Waals surface area (Å²) in [5.41, 5.74) is 0.661. The largest absolute Gasteiger partial charge is 0.346 e. The van der Waals surface area contributed by atoms with E-state index in [2.05, 4.69) is 21.5 Å². The number of carbonyl (C=O) groups excluding carboxylic acids is 2. The van der Waals surface area contributed by atoms with Crippen molar-refractivity contribution in [3.05, 3.63) is 35.6 Å². The molecule has 0 radical (unpaired) electrons. The van der Waals surface area contributed by atoms with E-state index in [1.54, 1.807) is 22.7 Å². The van der Waals surface area contributed by atoms with Crippen LogP contribution in [0.3, 0.4) is 0 Å². The molecule has 30 heavy (non-hydrogen) atoms. The van der Waals surface area contributed by atoms with Crippen molar-refractivity contribution in [1.82, 2.24) is 19.8 Å². The van der Waals surface area contributed by atoms with Gasteiger partial charge in [0.05, 0.1) is 30.6 Å². The summed E-state index contributed by atoms with van der Waals surface area (Å²) in [6.45, 7) is 3.27. The Morgan fingerprint density at radius 1 is 1.30 bits per heavy atom. The van der Waals surface area contributed by atoms with Gasteiger partial charge in [-0.25, -0.2) is 12.9 Å². The molecule has 9 heteroatoms. The van der Waals surface area contributed by atoms with Gasteiger partial charge in [-0.05, 0) is 25.8 Å². The van der Waals surface area contributed by atoms with Crippen LogP contribution in [0.1, 0.15) is 31.4 Å². The average molecular weight is 437 g/mol. The highest BCUT2D eigenvalue weighted by Gasteiger charge is 2.30. The number of nitrogens with zero attached hydrogens (tertiary/aromatic N) is 2. The zero-order valence-electron chi connectivity index (χ0n) is 17.4. The van der Waals surface area contributed by atoms with Crippen LogP contribution in [0, 0.1) is 18.2 Å². The number of carbonyl (C=O) groups is 2. The fraction of sp³-hybridized carbons (Fsp3) is 0.524. The highest BCUT2D eigenvalue weighted by Crippen LogP contribution is 2.27. The van der Waals surface area contributed by atoms with Crippen molar-refractivity contribution >= 4 is 22.8 Å². The first kappa shape index (κ1) is 24.0. The van der Waals surface area contributed by atoms with Gasteiger partial charge in [-0.1, -0.05) is 24.1 Å². The Morgan fingerprint density at radius 2 is 1.97 bits per heavy atom. The van der Waals surface area contributed by atoms with Gasteiger partial charge in [-0.15, -0.1) is 6.42 Å². The molecule has 1 heterocycles. The third-order valence-corrected chi connectivity index (χ3v) is 6.36. The molecule has 0 bridgehead atoms. The summed E-state index contributed by atoms with van der Waals surface area (Å²) in [6.07, 6.45) is 8.04. The molecule has 0 aliphatic carbocycles. The molecule has 1 fully saturated rings. The van der Waals surface area contributed by atoms with Gasteiger partial charge >= 0.3 is 0 Å². The summed E-state index contributed by atoms with van der Waals surface area (Å²) in [5.74, 6) is 1.32. The molecular formula is C21H29FN4O3S. The number of hydrogen-bond acceptors (Lipinski definition) is 4. The minimum absolute atomic E-state index is 0.0269. The van der Waals surface area contributed by atoms with Crippen LogP contribution in [-0.2, 0) is 20.6 Å². The number of rotatable bonds is 9. The van der Waals surface area contributed by atoms with Crippen molar-refractivity contribution in [1.29, 1.82) is 0 Å². The molecule has 1 aliphatic rings. The van der Waals surface area contributed by atoms with E-state index in [4.69, 9.17) is 6.42 Å². The van der Waals surface area contributed by atoms with Gasteiger partial charge in [0.15, 0.2) is 0 Å². The molecule has 1 aliphatic heterocycles. The fourth-order valence-electron chi connectivity index (χ4n) is 3.59. The number of amides is 2. The summed E-state index contributed by atoms with van der Waals surface area (Å²) in [6, 6.07) is 6.68. The van der Waals surface area contributed by atoms with Gasteiger partial charge in [-0.2, -0.15) is 0 Å². The predicted molar refractivity (Wildman–Crippen MR) is 115 cm³/mol. The number of terminal acetylenes is 1. The van der Waals surface area contributed by atoms with E-state index in [0.717, 1.165) is 0 Å². The minimum Gasteiger partial charge on any atom is -0.346 e. The molecule has 2 atom stereocenters. The van der Waals surface area contributed by atoms with Crippen LogP contribution >= 0.6 is 0 Å². The number of halogens is 1. The van der Waals surface area contributed by atoms with E-state index < -0.39 is 11.0 Å². The van der Waals surface area contributed by atoms with E-state index >= 15 is 0 Å². The van der Waals surface area contributed by atoms with Crippen LogP contribution in [-0.4, -0.2) is 70.2 Å². The summed E-state index contributed by atoms with van der Waals surface area (Å²) in [5, 5.41) is 4.99. The Labute approximate surface area is 180 Å². The van der Waals surface area contributed by atoms with E-state index in [1.807, 2.05) is 13.0 Å². The second kappa shape index (κ2) is 11.8. The molecule has 1 saturated heterocycles. The van der Waals surface area contributed by atoms with Crippen molar-refractivity contribution in [2.45, 2.75) is 31.8 Å². The van der Waals surface area contributed by atoms with E-state index in [1.165, 1.54) is 6.07 Å². The molecule has 164 valence electrons. The summed E-state index contributed by atoms with van der Waals surface area (Å²) < 4.78 is 28.0. The maximum atomic E-state index is 14.1. The first-order chi connectivity index (χ1) is 14.3. The van der Waals surface area contributed by atoms with Crippen molar-refractivity contribution in [3.8, 4) is 12.3 Å². The van der Waals surface area contributed by atoms with Crippen molar-refractivity contribution in [2.24, 2.45) is 0 Å². The molecular weight excluding hydrogens is 407 g/mol. The standard InChI is InChI=1S/C21H29FN4O3S/c1-4-11-23-20(27)14-24-21(28)15-26(30(3)29)17-9-12-25(13-10-17)16(2)18-7-5-6-8-19(18)22/h1,5-8,16-17H,9-15H2,2-3H3,(H,23,27)(H,24,28). The Balaban J connectivity index is 1.87. The van der Waals surface area contributed by atoms with Gasteiger partial charge < -0.3 is 10.6 Å². The summed E-state index contributed by atoms with van der Waals surface area (Å²) in [7, 11) is -1.34. The number of hydrogen-bond donors (Lipinski definition) is 2. The molecule has 0 aromatic heterocycles. The zero-order chi connectivity index (χ0) is 22.1. The topological polar surface area (TPSA) is 81.8 Å². The average Bonchev–Trinajstić information content (AvgIpc) is 2.74. The maximum Gasteiger partial charge on any atom is 0.240 e. The minimum atomic E-state index is -1.34. The van der Waals surface area contributed by atoms with Gasteiger partial charge in [0, 0.05) is 37.0 Å². The molecule has 0 spiro atoms. The van der Waals surface area contributed by atoms with Crippen LogP contribution in [0.2, 0.25) is 0 Å². The normalized spacial score (nSPS) is 17.2. The zero-order valence-corrected chi connectivity index (χ0v) is 18.2. The molecule has 0 saturated carbocycles. The molecule has 1 aromatic rings. The lowest BCUT2D eigenvalue weighted by molar-refractivity contribution is -0.126. The first-order valence-corrected chi connectivity index (χ1v) is 11.4. The lowest BCUT2D eigenvalue weighted by atomic mass is 10.00. The van der Waals surface area contributed by atoms with Crippen LogP contribution in [0.15, 0.2) is 24.3 Å². The van der Waals surface area contributed by atoms with Crippen molar-refractivity contribution < 1.29 is 18.2 Å². The Hall–Kier alpha value is -2.28. The van der Waals surface area contributed by atoms with Crippen molar-refractivity contribution in [3.63, 3.8) is 0 Å². The summed E-state index contributed by atoms with van der Waals surface area (Å²) in [4.78, 5) is 26.0. The third kappa shape index (κ3) is 6.90. The lowest BCUT2D eigenvalue weighted by Gasteiger charge is -2.39. The lowest BCUT2D eigenvalue weighted by Crippen LogP contribution is -2.50. The first-order valence-electron chi connectivity index (χ1n) is 9.89. The predicted octanol–water partition coefficient (Wildman–Crippen LogP) is 0.812. The van der Waals surface area contributed by atoms with E-state index in [-0.39, 0.29) is 49.3 Å². The van der Waals surface area contributed by atoms with E-state index in [9.17, 15) is 18.2 Å². The van der Waals surface area contributed by atoms with Crippen molar-refractivity contribution in [2.75, 3.05) is 39.0 Å². The number of benzene rings is 1. The van der Waals surface area contributed by atoms with Crippen LogP contribution in [0.25, 0.3) is 0 Å². The highest BCUT2D eigenvalue weighted by atomic mass is 32.2. The van der Waals surface area contributed by atoms with Crippen LogP contribution in [0.4, 0.5) is 4.39 Å². The van der Waals surface area contributed by atoms with Gasteiger partial charge in [0.2, 0.25) is 11.8 Å². The second-order valence-corrected chi connectivity index (χ2v) is 8.54. The third-order valence-electron chi connectivity index (χ3n) is 5.27.